The van der Waals surface area contributed by atoms with Crippen LogP contribution in [0.2, 0.25) is 0 Å². The van der Waals surface area contributed by atoms with Gasteiger partial charge in [0.1, 0.15) is 0 Å². The van der Waals surface area contributed by atoms with Crippen LogP contribution < -0.4 is 5.32 Å². The lowest BCUT2D eigenvalue weighted by Crippen LogP contribution is -2.06. The van der Waals surface area contributed by atoms with Crippen LogP contribution >= 0.6 is 0 Å². The highest BCUT2D eigenvalue weighted by molar-refractivity contribution is 6.07. The number of anilines is 1. The highest BCUT2D eigenvalue weighted by Crippen LogP contribution is 2.16. The quantitative estimate of drug-likeness (QED) is 0.680. The third-order valence-electron chi connectivity index (χ3n) is 3.61. The maximum atomic E-state index is 12.3. The van der Waals surface area contributed by atoms with Crippen molar-refractivity contribution in [2.45, 2.75) is 34.2 Å². The molecular weight excluding hydrogens is 290 g/mol. The zero-order valence-electron chi connectivity index (χ0n) is 13.9. The Morgan fingerprint density at radius 1 is 1.30 bits per heavy atom. The predicted molar refractivity (Wildman–Crippen MR) is 91.5 cm³/mol. The lowest BCUT2D eigenvalue weighted by atomic mass is 10.1. The van der Waals surface area contributed by atoms with E-state index in [-0.39, 0.29) is 11.7 Å². The first-order valence-electron chi connectivity index (χ1n) is 7.56. The van der Waals surface area contributed by atoms with E-state index < -0.39 is 0 Å². The molecule has 0 atom stereocenters. The maximum absolute atomic E-state index is 12.3. The first kappa shape index (κ1) is 16.7. The van der Waals surface area contributed by atoms with Crippen molar-refractivity contribution < 1.29 is 9.59 Å². The number of nitrogens with zero attached hydrogens (tertiary/aromatic N) is 2. The Kier molecular flexibility index (Phi) is 5.11. The summed E-state index contributed by atoms with van der Waals surface area (Å²) in [5, 5.41) is 7.11. The molecule has 2 rings (SSSR count). The summed E-state index contributed by atoms with van der Waals surface area (Å²) in [6.07, 6.45) is 3.35. The van der Waals surface area contributed by atoms with Gasteiger partial charge in [-0.2, -0.15) is 5.10 Å². The normalized spacial score (nSPS) is 11.0. The Labute approximate surface area is 136 Å². The van der Waals surface area contributed by atoms with Crippen molar-refractivity contribution in [3.63, 3.8) is 0 Å². The number of nitrogens with one attached hydrogen (secondary N) is 1. The first-order valence-corrected chi connectivity index (χ1v) is 7.56. The summed E-state index contributed by atoms with van der Waals surface area (Å²) in [6, 6.07) is 6.90. The third-order valence-corrected chi connectivity index (χ3v) is 3.61. The largest absolute Gasteiger partial charge is 0.326 e. The van der Waals surface area contributed by atoms with E-state index >= 15 is 0 Å². The summed E-state index contributed by atoms with van der Waals surface area (Å²) < 4.78 is 1.91. The second-order valence-electron chi connectivity index (χ2n) is 5.36. The Balaban J connectivity index is 2.22. The van der Waals surface area contributed by atoms with Crippen LogP contribution in [0, 0.1) is 13.8 Å². The average Bonchev–Trinajstić information content (AvgIpc) is 2.78. The van der Waals surface area contributed by atoms with Gasteiger partial charge in [0, 0.05) is 36.0 Å². The Bertz CT molecular complexity index is 773. The number of aromatic nitrogens is 2. The first-order chi connectivity index (χ1) is 10.9. The van der Waals surface area contributed by atoms with Crippen molar-refractivity contribution in [3.05, 3.63) is 52.9 Å². The molecule has 0 spiro atoms. The molecule has 0 unspecified atom stereocenters. The zero-order chi connectivity index (χ0) is 17.0. The van der Waals surface area contributed by atoms with Crippen molar-refractivity contribution >= 4 is 23.5 Å². The zero-order valence-corrected chi connectivity index (χ0v) is 13.9. The third kappa shape index (κ3) is 3.94. The summed E-state index contributed by atoms with van der Waals surface area (Å²) in [5.74, 6) is -0.274. The van der Waals surface area contributed by atoms with Crippen molar-refractivity contribution in [1.82, 2.24) is 9.78 Å². The van der Waals surface area contributed by atoms with Crippen LogP contribution in [0.1, 0.15) is 41.2 Å². The molecule has 120 valence electrons. The molecule has 5 nitrogen and oxygen atoms in total. The summed E-state index contributed by atoms with van der Waals surface area (Å²) in [7, 11) is 0. The van der Waals surface area contributed by atoms with Crippen molar-refractivity contribution in [1.29, 1.82) is 0 Å². The van der Waals surface area contributed by atoms with Gasteiger partial charge < -0.3 is 5.32 Å². The highest BCUT2D eigenvalue weighted by atomic mass is 16.1. The van der Waals surface area contributed by atoms with Crippen molar-refractivity contribution in [3.8, 4) is 0 Å². The molecule has 0 saturated carbocycles. The standard InChI is InChI=1S/C18H21N3O2/c1-5-21-13(3)17(12(2)20-21)9-10-18(23)15-7-6-8-16(11-15)19-14(4)22/h6-11H,5H2,1-4H3,(H,19,22). The Morgan fingerprint density at radius 2 is 2.04 bits per heavy atom. The number of ketones is 1. The summed E-state index contributed by atoms with van der Waals surface area (Å²) >= 11 is 0. The molecule has 1 heterocycles. The number of allylic oxidation sites excluding steroid dienone is 1. The second-order valence-corrected chi connectivity index (χ2v) is 5.36. The summed E-state index contributed by atoms with van der Waals surface area (Å²) in [6.45, 7) is 8.19. The fourth-order valence-electron chi connectivity index (χ4n) is 2.47. The second kappa shape index (κ2) is 7.05. The molecule has 0 fully saturated rings. The molecule has 0 bridgehead atoms. The molecule has 1 N–H and O–H groups in total. The van der Waals surface area contributed by atoms with E-state index in [4.69, 9.17) is 0 Å². The van der Waals surface area contributed by atoms with Crippen LogP contribution in [0.4, 0.5) is 5.69 Å². The molecule has 5 heteroatoms. The van der Waals surface area contributed by atoms with E-state index in [1.165, 1.54) is 6.92 Å². The number of amides is 1. The number of hydrogen-bond acceptors (Lipinski definition) is 3. The monoisotopic (exact) mass is 311 g/mol. The van der Waals surface area contributed by atoms with Crippen molar-refractivity contribution in [2.75, 3.05) is 5.32 Å². The van der Waals surface area contributed by atoms with E-state index in [9.17, 15) is 9.59 Å². The number of carbonyl (C=O) groups excluding carboxylic acids is 2. The topological polar surface area (TPSA) is 64.0 Å². The SMILES string of the molecule is CCn1nc(C)c(C=CC(=O)c2cccc(NC(C)=O)c2)c1C. The molecule has 1 amide bonds. The highest BCUT2D eigenvalue weighted by Gasteiger charge is 2.09. The van der Waals surface area contributed by atoms with Crippen LogP contribution in [-0.4, -0.2) is 21.5 Å². The van der Waals surface area contributed by atoms with Crippen LogP contribution in [0.3, 0.4) is 0 Å². The molecule has 2 aromatic rings. The predicted octanol–water partition coefficient (Wildman–Crippen LogP) is 3.37. The minimum absolute atomic E-state index is 0.111. The van der Waals surface area contributed by atoms with Crippen LogP contribution in [0.15, 0.2) is 30.3 Å². The maximum Gasteiger partial charge on any atom is 0.221 e. The average molecular weight is 311 g/mol. The lowest BCUT2D eigenvalue weighted by molar-refractivity contribution is -0.114. The number of rotatable bonds is 5. The minimum Gasteiger partial charge on any atom is -0.326 e. The molecule has 0 aliphatic carbocycles. The van der Waals surface area contributed by atoms with E-state index in [0.29, 0.717) is 11.3 Å². The molecule has 0 aliphatic heterocycles. The van der Waals surface area contributed by atoms with Gasteiger partial charge >= 0.3 is 0 Å². The van der Waals surface area contributed by atoms with Crippen LogP contribution in [0.25, 0.3) is 6.08 Å². The minimum atomic E-state index is -0.164. The van der Waals surface area contributed by atoms with Gasteiger partial charge in [0.2, 0.25) is 5.91 Å². The summed E-state index contributed by atoms with van der Waals surface area (Å²) in [5.41, 5.74) is 4.06. The molecule has 0 aliphatic rings. The number of hydrogen-bond donors (Lipinski definition) is 1. The van der Waals surface area contributed by atoms with Gasteiger partial charge in [-0.25, -0.2) is 0 Å². The van der Waals surface area contributed by atoms with Crippen LogP contribution in [0.5, 0.6) is 0 Å². The van der Waals surface area contributed by atoms with Crippen LogP contribution in [-0.2, 0) is 11.3 Å². The lowest BCUT2D eigenvalue weighted by Gasteiger charge is -2.03. The Morgan fingerprint density at radius 3 is 2.65 bits per heavy atom. The molecule has 0 radical (unpaired) electrons. The van der Waals surface area contributed by atoms with E-state index in [0.717, 1.165) is 23.5 Å². The number of carbonyl (C=O) groups is 2. The van der Waals surface area contributed by atoms with Gasteiger partial charge in [-0.1, -0.05) is 12.1 Å². The Hall–Kier alpha value is -2.69. The van der Waals surface area contributed by atoms with Crippen molar-refractivity contribution in [2.24, 2.45) is 0 Å². The van der Waals surface area contributed by atoms with Gasteiger partial charge in [-0.3, -0.25) is 14.3 Å². The fourth-order valence-corrected chi connectivity index (χ4v) is 2.47. The molecule has 0 saturated heterocycles. The molecule has 23 heavy (non-hydrogen) atoms. The van der Waals surface area contributed by atoms with E-state index in [1.807, 2.05) is 25.5 Å². The van der Waals surface area contributed by atoms with Gasteiger partial charge in [0.15, 0.2) is 5.78 Å². The van der Waals surface area contributed by atoms with Gasteiger partial charge in [-0.05, 0) is 45.1 Å². The summed E-state index contributed by atoms with van der Waals surface area (Å²) in [4.78, 5) is 23.4. The molecular formula is C18H21N3O2. The van der Waals surface area contributed by atoms with E-state index in [1.54, 1.807) is 36.4 Å². The van der Waals surface area contributed by atoms with Gasteiger partial charge in [0.25, 0.3) is 0 Å². The molecule has 1 aromatic heterocycles. The van der Waals surface area contributed by atoms with Gasteiger partial charge in [0.05, 0.1) is 5.69 Å². The van der Waals surface area contributed by atoms with E-state index in [2.05, 4.69) is 10.4 Å². The number of aryl methyl sites for hydroxylation is 2. The smallest absolute Gasteiger partial charge is 0.221 e. The molecule has 1 aromatic carbocycles. The fraction of sp³-hybridized carbons (Fsp3) is 0.278. The van der Waals surface area contributed by atoms with Gasteiger partial charge in [-0.15, -0.1) is 0 Å². The number of benzene rings is 1.